The van der Waals surface area contributed by atoms with Crippen LogP contribution in [0, 0.1) is 11.7 Å². The zero-order valence-corrected chi connectivity index (χ0v) is 35.1. The molecule has 0 bridgehead atoms. The largest absolute Gasteiger partial charge is 0.507 e. The summed E-state index contributed by atoms with van der Waals surface area (Å²) < 4.78 is 29.9. The number of allylic oxidation sites excluding steroid dienone is 3. The second-order valence-corrected chi connectivity index (χ2v) is 16.2. The molecule has 2 N–H and O–H groups in total. The molecule has 2 amide bonds. The van der Waals surface area contributed by atoms with Crippen LogP contribution in [0.25, 0.3) is 11.0 Å². The smallest absolute Gasteiger partial charge is 0.347 e. The zero-order valence-electron chi connectivity index (χ0n) is 34.4. The van der Waals surface area contributed by atoms with Gasteiger partial charge in [0.2, 0.25) is 0 Å². The van der Waals surface area contributed by atoms with Gasteiger partial charge in [-0.05, 0) is 65.9 Å². The molecule has 3 aliphatic rings. The Morgan fingerprint density at radius 1 is 0.984 bits per heavy atom. The van der Waals surface area contributed by atoms with Gasteiger partial charge >= 0.3 is 11.4 Å². The minimum Gasteiger partial charge on any atom is -0.507 e. The number of carbonyl (C=O) groups excluding carboxylic acids is 2. The highest BCUT2D eigenvalue weighted by atomic mass is 35.5. The number of methoxy groups -OCH3 is 2. The molecule has 0 spiro atoms. The van der Waals surface area contributed by atoms with Crippen LogP contribution in [-0.2, 0) is 48.0 Å². The van der Waals surface area contributed by atoms with Gasteiger partial charge < -0.3 is 19.1 Å². The number of anilines is 1. The number of phenolic OH excluding ortho intramolecular Hbond substituents is 1. The number of aromatic nitrogens is 5. The van der Waals surface area contributed by atoms with Crippen molar-refractivity contribution in [2.45, 2.75) is 49.7 Å². The fourth-order valence-corrected chi connectivity index (χ4v) is 9.88. The molecule has 4 heterocycles. The molecule has 2 aromatic heterocycles. The second-order valence-electron chi connectivity index (χ2n) is 15.8. The number of fused-ring (bicyclic) bond motifs is 5. The van der Waals surface area contributed by atoms with Gasteiger partial charge in [-0.15, -0.1) is 6.58 Å². The average Bonchev–Trinajstić information content (AvgIpc) is 3.65. The first kappa shape index (κ1) is 41.2. The fraction of sp³-hybridized carbons (Fsp3) is 0.261. The summed E-state index contributed by atoms with van der Waals surface area (Å²) in [6.45, 7) is 3.55. The molecule has 322 valence electrons. The van der Waals surface area contributed by atoms with E-state index >= 15 is 4.79 Å². The first-order valence-corrected chi connectivity index (χ1v) is 20.5. The Balaban J connectivity index is 1.19. The summed E-state index contributed by atoms with van der Waals surface area (Å²) in [5.74, 6) is -3.33. The molecule has 6 aromatic rings. The van der Waals surface area contributed by atoms with Gasteiger partial charge in [0.1, 0.15) is 17.3 Å². The van der Waals surface area contributed by atoms with Crippen LogP contribution in [0.3, 0.4) is 0 Å². The van der Waals surface area contributed by atoms with Crippen LogP contribution in [-0.4, -0.2) is 59.6 Å². The van der Waals surface area contributed by atoms with Crippen molar-refractivity contribution in [3.8, 4) is 17.2 Å². The van der Waals surface area contributed by atoms with Crippen LogP contribution in [0.15, 0.2) is 118 Å². The van der Waals surface area contributed by atoms with Crippen LogP contribution < -0.4 is 31.8 Å². The standard InChI is InChI=1S/C46H41ClFN7O8/c1-5-7-25-8-6-9-31(40(25)56)39-30-18-21-53-44(60)52(20-19-33-42(58)51(2)36-24-38(63-4)37(62-3)23-34(36)49-33)45(61)55(53)35(30)22-32-41(57)54(50-29-16-14-28(48)15-17-29)43(59)46(32,39)26-10-12-27(47)13-11-26/h5-6,8-18,23-24,32,35,39,50,56H,1,7,19-22H2,2-4H3. The van der Waals surface area contributed by atoms with Crippen molar-refractivity contribution >= 4 is 40.1 Å². The zero-order chi connectivity index (χ0) is 44.5. The Morgan fingerprint density at radius 2 is 1.70 bits per heavy atom. The third-order valence-corrected chi connectivity index (χ3v) is 12.9. The van der Waals surface area contributed by atoms with E-state index in [4.69, 9.17) is 21.1 Å². The molecule has 4 atom stereocenters. The molecule has 63 heavy (non-hydrogen) atoms. The van der Waals surface area contributed by atoms with Gasteiger partial charge in [0.25, 0.3) is 17.4 Å². The van der Waals surface area contributed by atoms with E-state index in [-0.39, 0.29) is 49.5 Å². The highest BCUT2D eigenvalue weighted by Crippen LogP contribution is 2.63. The van der Waals surface area contributed by atoms with Crippen LogP contribution >= 0.6 is 11.6 Å². The summed E-state index contributed by atoms with van der Waals surface area (Å²) in [7, 11) is 4.56. The third-order valence-electron chi connectivity index (χ3n) is 12.6. The van der Waals surface area contributed by atoms with Crippen molar-refractivity contribution in [2.24, 2.45) is 13.0 Å². The minimum atomic E-state index is -1.72. The predicted molar refractivity (Wildman–Crippen MR) is 232 cm³/mol. The number of aromatic hydroxyl groups is 1. The van der Waals surface area contributed by atoms with Gasteiger partial charge in [-0.3, -0.25) is 19.8 Å². The summed E-state index contributed by atoms with van der Waals surface area (Å²) in [6, 6.07) is 19.3. The van der Waals surface area contributed by atoms with E-state index in [9.17, 15) is 28.7 Å². The van der Waals surface area contributed by atoms with Gasteiger partial charge in [0.15, 0.2) is 11.5 Å². The number of para-hydroxylation sites is 1. The van der Waals surface area contributed by atoms with Crippen molar-refractivity contribution in [2.75, 3.05) is 19.6 Å². The Hall–Kier alpha value is -7.20. The molecule has 15 nitrogen and oxygen atoms in total. The van der Waals surface area contributed by atoms with E-state index in [1.807, 2.05) is 0 Å². The van der Waals surface area contributed by atoms with Gasteiger partial charge in [0.05, 0.1) is 54.9 Å². The molecule has 4 unspecified atom stereocenters. The van der Waals surface area contributed by atoms with Crippen molar-refractivity contribution in [3.63, 3.8) is 0 Å². The summed E-state index contributed by atoms with van der Waals surface area (Å²) >= 11 is 6.40. The lowest BCUT2D eigenvalue weighted by molar-refractivity contribution is -0.138. The van der Waals surface area contributed by atoms with Gasteiger partial charge in [0, 0.05) is 48.6 Å². The van der Waals surface area contributed by atoms with E-state index in [1.54, 1.807) is 73.8 Å². The number of benzene rings is 4. The summed E-state index contributed by atoms with van der Waals surface area (Å²) in [6.07, 6.45) is 3.52. The normalized spacial score (nSPS) is 20.2. The SMILES string of the molecule is C=CCc1cccc(C2C3=CCn4c(=O)n(CCc5nc6cc(OC)c(OC)cc6n(C)c5=O)c(=O)n4C3CC3C(=O)N(Nc4ccc(F)cc4)C(=O)C32c2ccc(Cl)cc2)c1O. The highest BCUT2D eigenvalue weighted by Gasteiger charge is 2.69. The Kier molecular flexibility index (Phi) is 10.2. The molecular formula is C46H41ClFN7O8. The van der Waals surface area contributed by atoms with Crippen LogP contribution in [0.2, 0.25) is 5.02 Å². The number of rotatable bonds is 11. The molecule has 1 saturated heterocycles. The number of ether oxygens (including phenoxy) is 2. The number of hydrogen-bond acceptors (Lipinski definition) is 10. The van der Waals surface area contributed by atoms with Crippen molar-refractivity contribution in [1.29, 1.82) is 0 Å². The summed E-state index contributed by atoms with van der Waals surface area (Å²) in [4.78, 5) is 77.5. The average molecular weight is 874 g/mol. The van der Waals surface area contributed by atoms with Crippen molar-refractivity contribution in [3.05, 3.63) is 168 Å². The lowest BCUT2D eigenvalue weighted by atomic mass is 9.53. The van der Waals surface area contributed by atoms with E-state index < -0.39 is 57.9 Å². The fourth-order valence-electron chi connectivity index (χ4n) is 9.75. The molecule has 0 radical (unpaired) electrons. The molecular weight excluding hydrogens is 833 g/mol. The highest BCUT2D eigenvalue weighted by molar-refractivity contribution is 6.30. The molecule has 9 rings (SSSR count). The van der Waals surface area contributed by atoms with Crippen molar-refractivity contribution < 1.29 is 28.6 Å². The molecule has 2 aliphatic heterocycles. The monoisotopic (exact) mass is 873 g/mol. The maximum atomic E-state index is 15.4. The van der Waals surface area contributed by atoms with Crippen LogP contribution in [0.5, 0.6) is 17.2 Å². The lowest BCUT2D eigenvalue weighted by Crippen LogP contribution is -2.53. The number of hydrazine groups is 1. The van der Waals surface area contributed by atoms with Gasteiger partial charge in [-0.1, -0.05) is 54.1 Å². The van der Waals surface area contributed by atoms with E-state index in [0.717, 1.165) is 9.58 Å². The number of carbonyl (C=O) groups is 2. The number of imide groups is 1. The summed E-state index contributed by atoms with van der Waals surface area (Å²) in [5, 5.41) is 13.4. The second kappa shape index (κ2) is 15.6. The number of phenols is 1. The lowest BCUT2D eigenvalue weighted by Gasteiger charge is -2.49. The third kappa shape index (κ3) is 6.29. The first-order chi connectivity index (χ1) is 30.3. The Morgan fingerprint density at radius 3 is 2.40 bits per heavy atom. The molecule has 4 aromatic carbocycles. The quantitative estimate of drug-likeness (QED) is 0.131. The van der Waals surface area contributed by atoms with E-state index in [1.165, 1.54) is 52.4 Å². The first-order valence-electron chi connectivity index (χ1n) is 20.2. The van der Waals surface area contributed by atoms with E-state index in [0.29, 0.717) is 49.8 Å². The minimum absolute atomic E-state index is 0.0764. The van der Waals surface area contributed by atoms with Gasteiger partial charge in [-0.2, -0.15) is 5.01 Å². The number of halogens is 2. The topological polar surface area (TPSA) is 172 Å². The number of nitrogens with zero attached hydrogens (tertiary/aromatic N) is 6. The number of nitrogens with one attached hydrogen (secondary N) is 1. The summed E-state index contributed by atoms with van der Waals surface area (Å²) in [5.41, 5.74) is 2.55. The molecule has 1 aliphatic carbocycles. The van der Waals surface area contributed by atoms with Crippen LogP contribution in [0.1, 0.15) is 40.8 Å². The number of hydrogen-bond donors (Lipinski definition) is 2. The van der Waals surface area contributed by atoms with Gasteiger partial charge in [-0.25, -0.2) is 32.9 Å². The maximum Gasteiger partial charge on any atom is 0.347 e. The molecule has 2 fully saturated rings. The van der Waals surface area contributed by atoms with E-state index in [2.05, 4.69) is 17.0 Å². The molecule has 17 heteroatoms. The Bertz CT molecular complexity index is 3100. The van der Waals surface area contributed by atoms with Crippen LogP contribution in [0.4, 0.5) is 10.1 Å². The van der Waals surface area contributed by atoms with Crippen molar-refractivity contribution in [1.82, 2.24) is 28.5 Å². The Labute approximate surface area is 363 Å². The number of aryl methyl sites for hydroxylation is 2. The molecule has 1 saturated carbocycles. The maximum absolute atomic E-state index is 15.4. The predicted octanol–water partition coefficient (Wildman–Crippen LogP) is 5.16. The number of amides is 2.